The molecule has 4 rings (SSSR count). The smallest absolute Gasteiger partial charge is 0.484 e. The molecule has 0 heterocycles. The van der Waals surface area contributed by atoms with E-state index in [1.165, 1.54) is 19.9 Å². The Bertz CT molecular complexity index is 1790. The average molecular weight is 727 g/mol. The fourth-order valence-electron chi connectivity index (χ4n) is 3.78. The molecule has 0 aromatic heterocycles. The Morgan fingerprint density at radius 1 is 0.469 bits per heavy atom. The van der Waals surface area contributed by atoms with Gasteiger partial charge in [-0.25, -0.2) is 43.9 Å². The topological polar surface area (TPSA) is 32.1 Å². The number of rotatable bonds is 9. The zero-order valence-electron chi connectivity index (χ0n) is 24.0. The highest BCUT2D eigenvalue weighted by atomic mass is 19.2. The third kappa shape index (κ3) is 8.08. The van der Waals surface area contributed by atoms with Gasteiger partial charge in [0, 0.05) is 17.9 Å². The van der Waals surface area contributed by atoms with Gasteiger partial charge in [-0.15, -0.1) is 6.07 Å². The van der Waals surface area contributed by atoms with E-state index in [1.54, 1.807) is 0 Å². The van der Waals surface area contributed by atoms with Gasteiger partial charge in [0.2, 0.25) is 40.6 Å². The van der Waals surface area contributed by atoms with Crippen molar-refractivity contribution in [3.05, 3.63) is 117 Å². The molecule has 21 heteroatoms. The third-order valence-electron chi connectivity index (χ3n) is 6.10. The number of benzene rings is 4. The highest BCUT2D eigenvalue weighted by molar-refractivity contribution is 6.39. The molecule has 0 aliphatic rings. The summed E-state index contributed by atoms with van der Waals surface area (Å²) in [6.07, 6.45) is 0. The van der Waals surface area contributed by atoms with E-state index >= 15 is 4.39 Å². The summed E-state index contributed by atoms with van der Waals surface area (Å²) in [5.74, 6) is -38.7. The van der Waals surface area contributed by atoms with E-state index in [2.05, 4.69) is 14.0 Å². The van der Waals surface area contributed by atoms with Gasteiger partial charge in [0.05, 0.1) is 30.5 Å². The summed E-state index contributed by atoms with van der Waals surface area (Å²) in [5.41, 5.74) is -1.15. The molecule has 0 saturated carbocycles. The maximum Gasteiger partial charge on any atom is 0.864 e. The first-order valence-corrected chi connectivity index (χ1v) is 12.9. The van der Waals surface area contributed by atoms with Crippen LogP contribution in [0.15, 0.2) is 18.2 Å². The normalized spacial score (nSPS) is 11.0. The second kappa shape index (κ2) is 15.6. The minimum atomic E-state index is -3.26. The molecule has 0 spiro atoms. The van der Waals surface area contributed by atoms with Gasteiger partial charge in [0.1, 0.15) is 0 Å². The van der Waals surface area contributed by atoms with Crippen LogP contribution in [0.25, 0.3) is 0 Å². The lowest BCUT2D eigenvalue weighted by Gasteiger charge is -2.21. The minimum absolute atomic E-state index is 0.109. The maximum absolute atomic E-state index is 15.2. The van der Waals surface area contributed by atoms with Crippen LogP contribution in [0, 0.1) is 99.1 Å². The van der Waals surface area contributed by atoms with Crippen LogP contribution < -0.4 is 18.9 Å². The molecule has 1 N–H and O–H groups in total. The maximum atomic E-state index is 15.2. The van der Waals surface area contributed by atoms with Crippen LogP contribution in [-0.4, -0.2) is 20.4 Å². The fourth-order valence-corrected chi connectivity index (χ4v) is 3.78. The van der Waals surface area contributed by atoms with Crippen molar-refractivity contribution in [2.75, 3.05) is 13.1 Å². The number of halogens is 16. The molecule has 0 amide bonds. The van der Waals surface area contributed by atoms with Crippen molar-refractivity contribution >= 4 is 13.0 Å². The van der Waals surface area contributed by atoms with Crippen LogP contribution in [-0.2, 0) is 0 Å². The lowest BCUT2D eigenvalue weighted by molar-refractivity contribution is -0.830. The van der Waals surface area contributed by atoms with Crippen LogP contribution in [0.1, 0.15) is 13.8 Å². The minimum Gasteiger partial charge on any atom is -0.484 e. The Kier molecular flexibility index (Phi) is 12.3. The van der Waals surface area contributed by atoms with Crippen molar-refractivity contribution in [1.82, 2.24) is 0 Å². The molecule has 4 aromatic rings. The SMILES string of the molecule is CC[NH+](CC)c1c(F)c(F)c(F)c(OB(Oc2c(F)cc(F)c(F)c2F)Oc2c(F)cc(F)c(F)c2F)c1F.Fc1[c-]c(F)c(F)c(F)c1. The first kappa shape index (κ1) is 38.6. The van der Waals surface area contributed by atoms with E-state index in [-0.39, 0.29) is 36.2 Å². The molecule has 0 saturated heterocycles. The number of quaternary nitrogens is 1. The summed E-state index contributed by atoms with van der Waals surface area (Å²) in [7, 11) is -3.26. The molecule has 264 valence electrons. The third-order valence-corrected chi connectivity index (χ3v) is 6.10. The molecule has 49 heavy (non-hydrogen) atoms. The van der Waals surface area contributed by atoms with Crippen molar-refractivity contribution in [3.8, 4) is 17.2 Å². The molecule has 0 unspecified atom stereocenters. The number of nitrogens with one attached hydrogen (secondary N) is 1. The van der Waals surface area contributed by atoms with Crippen molar-refractivity contribution < 1.29 is 89.1 Å². The van der Waals surface area contributed by atoms with Crippen molar-refractivity contribution in [2.24, 2.45) is 0 Å². The lowest BCUT2D eigenvalue weighted by Crippen LogP contribution is -3.07. The Morgan fingerprint density at radius 2 is 0.878 bits per heavy atom. The Labute approximate surface area is 264 Å². The van der Waals surface area contributed by atoms with Gasteiger partial charge in [-0.3, -0.25) is 9.29 Å². The number of hydrogen-bond acceptors (Lipinski definition) is 3. The van der Waals surface area contributed by atoms with E-state index in [4.69, 9.17) is 0 Å². The van der Waals surface area contributed by atoms with Gasteiger partial charge in [-0.1, -0.05) is 6.07 Å². The van der Waals surface area contributed by atoms with E-state index < -0.39 is 123 Å². The van der Waals surface area contributed by atoms with Crippen LogP contribution in [0.4, 0.5) is 75.9 Å². The zero-order valence-corrected chi connectivity index (χ0v) is 24.0. The molecular formula is C28H14BF16NO3. The van der Waals surface area contributed by atoms with Gasteiger partial charge in [0.25, 0.3) is 0 Å². The van der Waals surface area contributed by atoms with Crippen LogP contribution in [0.3, 0.4) is 0 Å². The monoisotopic (exact) mass is 727 g/mol. The Hall–Kier alpha value is -4.82. The quantitative estimate of drug-likeness (QED) is 0.0639. The summed E-state index contributed by atoms with van der Waals surface area (Å²) in [5, 5.41) is 0. The zero-order chi connectivity index (χ0) is 37.1. The van der Waals surface area contributed by atoms with Crippen molar-refractivity contribution in [3.63, 3.8) is 0 Å². The predicted molar refractivity (Wildman–Crippen MR) is 133 cm³/mol. The highest BCUT2D eigenvalue weighted by Crippen LogP contribution is 2.35. The van der Waals surface area contributed by atoms with E-state index in [9.17, 15) is 65.9 Å². The molecule has 0 aliphatic heterocycles. The lowest BCUT2D eigenvalue weighted by atomic mass is 10.1. The van der Waals surface area contributed by atoms with E-state index in [0.29, 0.717) is 0 Å². The van der Waals surface area contributed by atoms with Crippen LogP contribution >= 0.6 is 0 Å². The fraction of sp³-hybridized carbons (Fsp3) is 0.143. The van der Waals surface area contributed by atoms with Crippen LogP contribution in [0.5, 0.6) is 17.2 Å². The van der Waals surface area contributed by atoms with Gasteiger partial charge in [0.15, 0.2) is 52.2 Å². The van der Waals surface area contributed by atoms with E-state index in [1.807, 2.05) is 0 Å². The highest BCUT2D eigenvalue weighted by Gasteiger charge is 2.41. The molecule has 4 aromatic carbocycles. The van der Waals surface area contributed by atoms with E-state index in [0.717, 1.165) is 0 Å². The summed E-state index contributed by atoms with van der Waals surface area (Å²) < 4.78 is 230. The van der Waals surface area contributed by atoms with Gasteiger partial charge >= 0.3 is 7.32 Å². The first-order chi connectivity index (χ1) is 22.9. The summed E-state index contributed by atoms with van der Waals surface area (Å²) in [6.45, 7) is 2.55. The first-order valence-electron chi connectivity index (χ1n) is 12.9. The molecule has 0 radical (unpaired) electrons. The summed E-state index contributed by atoms with van der Waals surface area (Å²) >= 11 is 0. The standard InChI is InChI=1S/C22H12BF12NO3.C6HF4/c1-3-36(4-2)19-14(31)13(30)17(34)22(18(19)35)39-23(37-20-9(26)5-7(24)11(28)15(20)32)38-21-10(27)6-8(25)12(29)16(21)33;7-3-1-4(8)6(10)5(9)2-3/h5-6H,3-4H2,1-2H3;1H/q;-1/p+1. The van der Waals surface area contributed by atoms with Crippen LogP contribution in [0.2, 0.25) is 0 Å². The molecule has 4 nitrogen and oxygen atoms in total. The van der Waals surface area contributed by atoms with Gasteiger partial charge in [-0.05, 0) is 13.8 Å². The average Bonchev–Trinajstić information content (AvgIpc) is 3.04. The Morgan fingerprint density at radius 3 is 1.31 bits per heavy atom. The van der Waals surface area contributed by atoms with Crippen molar-refractivity contribution in [1.29, 1.82) is 0 Å². The molecule has 0 aliphatic carbocycles. The summed E-state index contributed by atoms with van der Waals surface area (Å²) in [6, 6.07) is 0.976. The second-order valence-corrected chi connectivity index (χ2v) is 9.10. The van der Waals surface area contributed by atoms with Crippen molar-refractivity contribution in [2.45, 2.75) is 13.8 Å². The van der Waals surface area contributed by atoms with Gasteiger partial charge in [-0.2, -0.15) is 22.0 Å². The molecule has 0 fully saturated rings. The largest absolute Gasteiger partial charge is 0.864 e. The number of hydrogen-bond donors (Lipinski definition) is 1. The summed E-state index contributed by atoms with van der Waals surface area (Å²) in [4.78, 5) is -0.137. The second-order valence-electron chi connectivity index (χ2n) is 9.10. The molecular weight excluding hydrogens is 713 g/mol. The molecule has 0 atom stereocenters. The Balaban J connectivity index is 0.000000555. The molecule has 0 bridgehead atoms. The predicted octanol–water partition coefficient (Wildman–Crippen LogP) is 7.48. The van der Waals surface area contributed by atoms with Gasteiger partial charge < -0.3 is 14.0 Å².